The van der Waals surface area contributed by atoms with Gasteiger partial charge in [0, 0.05) is 6.04 Å². The van der Waals surface area contributed by atoms with Crippen molar-refractivity contribution in [2.75, 3.05) is 6.61 Å². The second kappa shape index (κ2) is 7.14. The van der Waals surface area contributed by atoms with Crippen LogP contribution in [0.25, 0.3) is 5.57 Å². The van der Waals surface area contributed by atoms with E-state index in [1.807, 2.05) is 43.9 Å². The Bertz CT molecular complexity index is 732. The first-order valence-corrected chi connectivity index (χ1v) is 9.28. The summed E-state index contributed by atoms with van der Waals surface area (Å²) in [5.41, 5.74) is 2.11. The number of nitrogens with zero attached hydrogens (tertiary/aromatic N) is 1. The van der Waals surface area contributed by atoms with Gasteiger partial charge in [-0.2, -0.15) is 0 Å². The van der Waals surface area contributed by atoms with Gasteiger partial charge in [0.2, 0.25) is 0 Å². The Hall–Kier alpha value is -2.30. The zero-order valence-corrected chi connectivity index (χ0v) is 16.0. The lowest BCUT2D eigenvalue weighted by Gasteiger charge is -2.35. The third kappa shape index (κ3) is 3.76. The van der Waals surface area contributed by atoms with Gasteiger partial charge in [-0.15, -0.1) is 0 Å². The summed E-state index contributed by atoms with van der Waals surface area (Å²) in [6.07, 6.45) is 4.47. The van der Waals surface area contributed by atoms with Crippen molar-refractivity contribution in [3.63, 3.8) is 0 Å². The van der Waals surface area contributed by atoms with Gasteiger partial charge in [-0.25, -0.2) is 9.59 Å². The Labute approximate surface area is 155 Å². The number of benzene rings is 1. The highest BCUT2D eigenvalue weighted by molar-refractivity contribution is 5.96. The molecule has 5 nitrogen and oxygen atoms in total. The van der Waals surface area contributed by atoms with E-state index in [0.29, 0.717) is 12.2 Å². The van der Waals surface area contributed by atoms with E-state index < -0.39 is 5.60 Å². The van der Waals surface area contributed by atoms with Gasteiger partial charge >= 0.3 is 12.1 Å². The molecule has 5 heteroatoms. The van der Waals surface area contributed by atoms with E-state index in [1.165, 1.54) is 0 Å². The van der Waals surface area contributed by atoms with E-state index in [-0.39, 0.29) is 24.1 Å². The number of hydrogen-bond acceptors (Lipinski definition) is 4. The normalized spacial score (nSPS) is 22.0. The number of rotatable bonds is 3. The molecule has 2 unspecified atom stereocenters. The van der Waals surface area contributed by atoms with Gasteiger partial charge in [0.25, 0.3) is 0 Å². The summed E-state index contributed by atoms with van der Waals surface area (Å²) in [4.78, 5) is 26.7. The van der Waals surface area contributed by atoms with E-state index in [1.54, 1.807) is 13.0 Å². The van der Waals surface area contributed by atoms with Crippen LogP contribution in [0.5, 0.6) is 0 Å². The molecule has 1 aromatic rings. The zero-order chi connectivity index (χ0) is 18.9. The minimum absolute atomic E-state index is 0.0221. The van der Waals surface area contributed by atoms with Crippen LogP contribution in [0.3, 0.4) is 0 Å². The van der Waals surface area contributed by atoms with Crippen LogP contribution in [-0.4, -0.2) is 41.3 Å². The van der Waals surface area contributed by atoms with Crippen molar-refractivity contribution in [3.8, 4) is 0 Å². The summed E-state index contributed by atoms with van der Waals surface area (Å²) in [6, 6.07) is 7.68. The first kappa shape index (κ1) is 18.5. The summed E-state index contributed by atoms with van der Waals surface area (Å²) in [7, 11) is 0. The number of hydrogen-bond donors (Lipinski definition) is 0. The summed E-state index contributed by atoms with van der Waals surface area (Å²) in [6.45, 7) is 7.80. The fourth-order valence-corrected chi connectivity index (χ4v) is 3.78. The zero-order valence-electron chi connectivity index (χ0n) is 16.0. The highest BCUT2D eigenvalue weighted by atomic mass is 16.6. The van der Waals surface area contributed by atoms with Gasteiger partial charge in [0.1, 0.15) is 5.60 Å². The van der Waals surface area contributed by atoms with Crippen LogP contribution < -0.4 is 0 Å². The maximum absolute atomic E-state index is 12.6. The molecule has 0 aliphatic carbocycles. The van der Waals surface area contributed by atoms with Gasteiger partial charge < -0.3 is 9.47 Å². The number of carbonyl (C=O) groups excluding carboxylic acids is 2. The van der Waals surface area contributed by atoms with Crippen molar-refractivity contribution in [1.82, 2.24) is 4.90 Å². The molecule has 3 rings (SSSR count). The van der Waals surface area contributed by atoms with Crippen LogP contribution in [0.2, 0.25) is 0 Å². The third-order valence-corrected chi connectivity index (χ3v) is 4.77. The molecule has 1 aromatic carbocycles. The lowest BCUT2D eigenvalue weighted by atomic mass is 9.91. The van der Waals surface area contributed by atoms with E-state index in [9.17, 15) is 9.59 Å². The number of amides is 1. The summed E-state index contributed by atoms with van der Waals surface area (Å²) >= 11 is 0. The van der Waals surface area contributed by atoms with E-state index >= 15 is 0 Å². The molecule has 0 spiro atoms. The summed E-state index contributed by atoms with van der Waals surface area (Å²) in [5, 5.41) is 0. The molecule has 2 aliphatic rings. The molecular weight excluding hydrogens is 330 g/mol. The van der Waals surface area contributed by atoms with E-state index in [0.717, 1.165) is 30.4 Å². The maximum atomic E-state index is 12.6. The molecule has 26 heavy (non-hydrogen) atoms. The Morgan fingerprint density at radius 1 is 1.19 bits per heavy atom. The lowest BCUT2D eigenvalue weighted by molar-refractivity contribution is 0.0174. The predicted molar refractivity (Wildman–Crippen MR) is 99.9 cm³/mol. The average Bonchev–Trinajstić information content (AvgIpc) is 2.84. The molecule has 2 heterocycles. The van der Waals surface area contributed by atoms with Crippen LogP contribution in [0.15, 0.2) is 30.3 Å². The third-order valence-electron chi connectivity index (χ3n) is 4.77. The molecule has 0 aromatic heterocycles. The summed E-state index contributed by atoms with van der Waals surface area (Å²) in [5.74, 6) is -0.300. The number of carbonyl (C=O) groups is 2. The van der Waals surface area contributed by atoms with Crippen LogP contribution >= 0.6 is 0 Å². The Morgan fingerprint density at radius 2 is 1.92 bits per heavy atom. The van der Waals surface area contributed by atoms with Gasteiger partial charge in [0.15, 0.2) is 0 Å². The molecule has 1 fully saturated rings. The smallest absolute Gasteiger partial charge is 0.411 e. The van der Waals surface area contributed by atoms with Gasteiger partial charge in [-0.3, -0.25) is 4.90 Å². The number of ether oxygens (including phenoxy) is 2. The van der Waals surface area contributed by atoms with Gasteiger partial charge in [0.05, 0.1) is 18.2 Å². The first-order chi connectivity index (χ1) is 12.3. The van der Waals surface area contributed by atoms with Crippen molar-refractivity contribution < 1.29 is 19.1 Å². The minimum atomic E-state index is -0.503. The first-order valence-electron chi connectivity index (χ1n) is 9.28. The van der Waals surface area contributed by atoms with Gasteiger partial charge in [-0.05, 0) is 64.2 Å². The molecule has 0 radical (unpaired) electrons. The van der Waals surface area contributed by atoms with Crippen molar-refractivity contribution in [1.29, 1.82) is 0 Å². The van der Waals surface area contributed by atoms with E-state index in [2.05, 4.69) is 6.08 Å². The fraction of sp³-hybridized carbons (Fsp3) is 0.524. The van der Waals surface area contributed by atoms with Crippen molar-refractivity contribution in [2.45, 2.75) is 64.6 Å². The Balaban J connectivity index is 1.87. The SMILES string of the molecule is CCOC(=O)c1ccccc1C1=CC2CCC(C1)N2C(=O)OC(C)(C)C. The van der Waals surface area contributed by atoms with Crippen molar-refractivity contribution in [3.05, 3.63) is 41.5 Å². The van der Waals surface area contributed by atoms with Crippen molar-refractivity contribution >= 4 is 17.6 Å². The second-order valence-corrected chi connectivity index (χ2v) is 7.85. The van der Waals surface area contributed by atoms with Crippen LogP contribution in [0.4, 0.5) is 4.79 Å². The van der Waals surface area contributed by atoms with E-state index in [4.69, 9.17) is 9.47 Å². The number of esters is 1. The Kier molecular flexibility index (Phi) is 5.08. The topological polar surface area (TPSA) is 55.8 Å². The maximum Gasteiger partial charge on any atom is 0.411 e. The minimum Gasteiger partial charge on any atom is -0.462 e. The monoisotopic (exact) mass is 357 g/mol. The molecular formula is C21H27NO4. The molecule has 0 N–H and O–H groups in total. The predicted octanol–water partition coefficient (Wildman–Crippen LogP) is 4.42. The van der Waals surface area contributed by atoms with Crippen molar-refractivity contribution in [2.24, 2.45) is 0 Å². The molecule has 2 atom stereocenters. The second-order valence-electron chi connectivity index (χ2n) is 7.85. The molecule has 2 aliphatic heterocycles. The molecule has 2 bridgehead atoms. The largest absolute Gasteiger partial charge is 0.462 e. The summed E-state index contributed by atoms with van der Waals surface area (Å²) < 4.78 is 10.8. The van der Waals surface area contributed by atoms with Crippen LogP contribution in [-0.2, 0) is 9.47 Å². The van der Waals surface area contributed by atoms with Crippen LogP contribution in [0.1, 0.15) is 62.9 Å². The molecule has 1 amide bonds. The molecule has 140 valence electrons. The quantitative estimate of drug-likeness (QED) is 0.752. The fourth-order valence-electron chi connectivity index (χ4n) is 3.78. The number of fused-ring (bicyclic) bond motifs is 2. The standard InChI is InChI=1S/C21H27NO4/c1-5-25-19(23)18-9-7-6-8-17(18)14-12-15-10-11-16(13-14)22(15)20(24)26-21(2,3)4/h6-9,12,15-16H,5,10-11,13H2,1-4H3. The molecule has 1 saturated heterocycles. The average molecular weight is 357 g/mol. The van der Waals surface area contributed by atoms with Gasteiger partial charge in [-0.1, -0.05) is 24.3 Å². The lowest BCUT2D eigenvalue weighted by Crippen LogP contribution is -2.45. The Morgan fingerprint density at radius 3 is 2.58 bits per heavy atom. The van der Waals surface area contributed by atoms with Crippen LogP contribution in [0, 0.1) is 0 Å². The highest BCUT2D eigenvalue weighted by Crippen LogP contribution is 2.40. The highest BCUT2D eigenvalue weighted by Gasteiger charge is 2.42. The molecule has 0 saturated carbocycles.